The second kappa shape index (κ2) is 16.0. The quantitative estimate of drug-likeness (QED) is 0.182. The fourth-order valence-corrected chi connectivity index (χ4v) is 5.23. The van der Waals surface area contributed by atoms with Crippen molar-refractivity contribution in [3.63, 3.8) is 0 Å². The minimum Gasteiger partial charge on any atom is -0.0961 e. The maximum atomic E-state index is 3.96. The summed E-state index contributed by atoms with van der Waals surface area (Å²) in [7, 11) is 0. The summed E-state index contributed by atoms with van der Waals surface area (Å²) >= 11 is 0. The van der Waals surface area contributed by atoms with Crippen molar-refractivity contribution in [3.05, 3.63) is 130 Å². The number of benzene rings is 1. The van der Waals surface area contributed by atoms with Gasteiger partial charge in [0.1, 0.15) is 0 Å². The Labute approximate surface area is 251 Å². The van der Waals surface area contributed by atoms with Crippen molar-refractivity contribution in [3.8, 4) is 11.8 Å². The number of hydrogen-bond acceptors (Lipinski definition) is 0. The molecule has 0 heteroatoms. The van der Waals surface area contributed by atoms with Crippen LogP contribution >= 0.6 is 0 Å². The van der Waals surface area contributed by atoms with Crippen molar-refractivity contribution in [2.24, 2.45) is 11.8 Å². The molecular formula is C41H50. The molecule has 0 aromatic heterocycles. The molecule has 214 valence electrons. The molecule has 3 rings (SSSR count). The lowest BCUT2D eigenvalue weighted by molar-refractivity contribution is 0.707. The summed E-state index contributed by atoms with van der Waals surface area (Å²) in [6.07, 6.45) is 29.0. The SMILES string of the molecule is C=C(C)C=CC=C(C)CCCC(=CCC(C)C1=CC=CC(C)C(C)=C1)c1ccc(C2=CCC=C(C)C#C2)cc1CC. The Kier molecular flexibility index (Phi) is 12.5. The van der Waals surface area contributed by atoms with Crippen molar-refractivity contribution >= 4 is 11.1 Å². The fraction of sp³-hybridized carbons (Fsp3) is 0.366. The van der Waals surface area contributed by atoms with E-state index in [0.29, 0.717) is 11.8 Å². The lowest BCUT2D eigenvalue weighted by atomic mass is 9.88. The minimum atomic E-state index is 0.468. The molecule has 0 heterocycles. The molecule has 1 aromatic rings. The second-order valence-corrected chi connectivity index (χ2v) is 11.9. The molecule has 2 aliphatic carbocycles. The number of aryl methyl sites for hydroxylation is 1. The van der Waals surface area contributed by atoms with Gasteiger partial charge in [0, 0.05) is 5.57 Å². The summed E-state index contributed by atoms with van der Waals surface area (Å²) < 4.78 is 0. The Morgan fingerprint density at radius 3 is 2.68 bits per heavy atom. The van der Waals surface area contributed by atoms with Crippen LogP contribution in [0.2, 0.25) is 0 Å². The lowest BCUT2D eigenvalue weighted by Crippen LogP contribution is -2.00. The summed E-state index contributed by atoms with van der Waals surface area (Å²) in [6, 6.07) is 7.02. The van der Waals surface area contributed by atoms with Crippen LogP contribution in [-0.2, 0) is 6.42 Å². The molecule has 0 N–H and O–H groups in total. The number of rotatable bonds is 12. The van der Waals surface area contributed by atoms with E-state index in [4.69, 9.17) is 0 Å². The Balaban J connectivity index is 1.89. The van der Waals surface area contributed by atoms with E-state index in [-0.39, 0.29) is 0 Å². The Morgan fingerprint density at radius 1 is 1.12 bits per heavy atom. The molecule has 0 saturated heterocycles. The van der Waals surface area contributed by atoms with Crippen LogP contribution in [0.3, 0.4) is 0 Å². The van der Waals surface area contributed by atoms with Crippen LogP contribution in [0.5, 0.6) is 0 Å². The summed E-state index contributed by atoms with van der Waals surface area (Å²) in [4.78, 5) is 0. The van der Waals surface area contributed by atoms with Crippen LogP contribution in [-0.4, -0.2) is 0 Å². The first-order valence-corrected chi connectivity index (χ1v) is 15.5. The first kappa shape index (κ1) is 32.0. The van der Waals surface area contributed by atoms with Gasteiger partial charge in [-0.3, -0.25) is 0 Å². The van der Waals surface area contributed by atoms with Crippen LogP contribution in [0.4, 0.5) is 0 Å². The zero-order chi connectivity index (χ0) is 29.8. The Bertz CT molecular complexity index is 1410. The van der Waals surface area contributed by atoms with E-state index in [1.165, 1.54) is 39.0 Å². The Hall–Kier alpha value is -3.56. The molecular weight excluding hydrogens is 492 g/mol. The van der Waals surface area contributed by atoms with Gasteiger partial charge in [-0.25, -0.2) is 0 Å². The van der Waals surface area contributed by atoms with E-state index in [1.54, 1.807) is 0 Å². The molecule has 0 saturated carbocycles. The van der Waals surface area contributed by atoms with Crippen LogP contribution in [0, 0.1) is 23.7 Å². The zero-order valence-corrected chi connectivity index (χ0v) is 26.6. The molecule has 0 amide bonds. The molecule has 0 fully saturated rings. The number of hydrogen-bond donors (Lipinski definition) is 0. The highest BCUT2D eigenvalue weighted by atomic mass is 14.2. The van der Waals surface area contributed by atoms with Gasteiger partial charge in [0.05, 0.1) is 0 Å². The van der Waals surface area contributed by atoms with E-state index >= 15 is 0 Å². The van der Waals surface area contributed by atoms with Crippen molar-refractivity contribution in [1.29, 1.82) is 0 Å². The predicted octanol–water partition coefficient (Wildman–Crippen LogP) is 11.7. The topological polar surface area (TPSA) is 0 Å². The highest BCUT2D eigenvalue weighted by Crippen LogP contribution is 2.32. The van der Waals surface area contributed by atoms with E-state index in [1.807, 2.05) is 6.92 Å². The molecule has 0 aliphatic heterocycles. The van der Waals surface area contributed by atoms with Gasteiger partial charge in [-0.05, 0) is 118 Å². The van der Waals surface area contributed by atoms with Gasteiger partial charge in [0.2, 0.25) is 0 Å². The molecule has 1 aromatic carbocycles. The van der Waals surface area contributed by atoms with Crippen molar-refractivity contribution in [2.75, 3.05) is 0 Å². The van der Waals surface area contributed by atoms with Crippen molar-refractivity contribution < 1.29 is 0 Å². The lowest BCUT2D eigenvalue weighted by Gasteiger charge is -2.17. The first-order valence-electron chi connectivity index (χ1n) is 15.5. The van der Waals surface area contributed by atoms with Crippen LogP contribution in [0.25, 0.3) is 11.1 Å². The fourth-order valence-electron chi connectivity index (χ4n) is 5.23. The third-order valence-electron chi connectivity index (χ3n) is 8.15. The van der Waals surface area contributed by atoms with Gasteiger partial charge >= 0.3 is 0 Å². The monoisotopic (exact) mass is 542 g/mol. The predicted molar refractivity (Wildman–Crippen MR) is 183 cm³/mol. The van der Waals surface area contributed by atoms with Crippen LogP contribution < -0.4 is 0 Å². The van der Waals surface area contributed by atoms with Gasteiger partial charge in [0.25, 0.3) is 0 Å². The van der Waals surface area contributed by atoms with Gasteiger partial charge in [-0.15, -0.1) is 0 Å². The molecule has 2 atom stereocenters. The van der Waals surface area contributed by atoms with Crippen LogP contribution in [0.1, 0.15) is 97.3 Å². The summed E-state index contributed by atoms with van der Waals surface area (Å²) in [6.45, 7) is 19.5. The zero-order valence-electron chi connectivity index (χ0n) is 26.6. The van der Waals surface area contributed by atoms with E-state index in [0.717, 1.165) is 55.2 Å². The first-order chi connectivity index (χ1) is 19.7. The Morgan fingerprint density at radius 2 is 1.93 bits per heavy atom. The van der Waals surface area contributed by atoms with Gasteiger partial charge in [0.15, 0.2) is 0 Å². The molecule has 0 spiro atoms. The van der Waals surface area contributed by atoms with Gasteiger partial charge < -0.3 is 0 Å². The third kappa shape index (κ3) is 10.1. The standard InChI is InChI=1S/C41H50/c1-9-36-29-40(37-19-11-17-32(5)22-24-37)26-27-41(36)38(20-12-16-31(4)15-10-14-30(2)3)25-23-34(7)39-21-13-18-33(6)35(8)28-39/h10,13-15,17-19,21,25-29,33-34H,2,9,11-12,16,20,23H2,1,3-8H3. The van der Waals surface area contributed by atoms with Crippen LogP contribution in [0.15, 0.2) is 113 Å². The summed E-state index contributed by atoms with van der Waals surface area (Å²) in [5, 5.41) is 0. The van der Waals surface area contributed by atoms with Gasteiger partial charge in [-0.1, -0.05) is 129 Å². The summed E-state index contributed by atoms with van der Waals surface area (Å²) in [5.41, 5.74) is 13.2. The maximum absolute atomic E-state index is 3.96. The highest BCUT2D eigenvalue weighted by molar-refractivity contribution is 5.82. The third-order valence-corrected chi connectivity index (χ3v) is 8.15. The maximum Gasteiger partial charge on any atom is 0.0284 e. The average Bonchev–Trinajstić information content (AvgIpc) is 3.27. The van der Waals surface area contributed by atoms with Crippen molar-refractivity contribution in [2.45, 2.75) is 87.0 Å². The van der Waals surface area contributed by atoms with E-state index in [9.17, 15) is 0 Å². The van der Waals surface area contributed by atoms with E-state index in [2.05, 4.69) is 139 Å². The number of allylic oxidation sites excluding steroid dienone is 17. The minimum absolute atomic E-state index is 0.468. The molecule has 41 heavy (non-hydrogen) atoms. The normalized spacial score (nSPS) is 18.5. The van der Waals surface area contributed by atoms with Crippen molar-refractivity contribution in [1.82, 2.24) is 0 Å². The molecule has 0 bridgehead atoms. The molecule has 2 unspecified atom stereocenters. The second-order valence-electron chi connectivity index (χ2n) is 11.9. The molecule has 2 aliphatic rings. The van der Waals surface area contributed by atoms with Gasteiger partial charge in [-0.2, -0.15) is 0 Å². The highest BCUT2D eigenvalue weighted by Gasteiger charge is 2.13. The summed E-state index contributed by atoms with van der Waals surface area (Å²) in [5.74, 6) is 7.67. The average molecular weight is 543 g/mol. The molecule has 0 nitrogen and oxygen atoms in total. The largest absolute Gasteiger partial charge is 0.0961 e. The molecule has 0 radical (unpaired) electrons. The van der Waals surface area contributed by atoms with E-state index < -0.39 is 0 Å². The smallest absolute Gasteiger partial charge is 0.0284 e.